The molecular weight excluding hydrogens is 303 g/mol. The second kappa shape index (κ2) is 7.51. The van der Waals surface area contributed by atoms with E-state index in [1.54, 1.807) is 43.3 Å². The van der Waals surface area contributed by atoms with E-state index in [1.807, 2.05) is 0 Å². The van der Waals surface area contributed by atoms with Crippen LogP contribution in [0.1, 0.15) is 17.3 Å². The molecule has 0 aliphatic carbocycles. The van der Waals surface area contributed by atoms with Gasteiger partial charge in [0.1, 0.15) is 5.82 Å². The highest BCUT2D eigenvalue weighted by Crippen LogP contribution is 2.12. The number of anilines is 2. The van der Waals surface area contributed by atoms with Crippen molar-refractivity contribution in [3.8, 4) is 0 Å². The molecule has 0 saturated heterocycles. The lowest BCUT2D eigenvalue weighted by atomic mass is 10.2. The van der Waals surface area contributed by atoms with Crippen LogP contribution < -0.4 is 10.6 Å². The SMILES string of the molecule is CCOC(=O)c1ccc(NC(=S)Nc2ccc(F)cc2)cc1. The average molecular weight is 318 g/mol. The molecular formula is C16H15FN2O2S. The number of ether oxygens (including phenoxy) is 1. The first-order valence-corrected chi connectivity index (χ1v) is 7.10. The van der Waals surface area contributed by atoms with E-state index >= 15 is 0 Å². The van der Waals surface area contributed by atoms with Crippen molar-refractivity contribution in [1.29, 1.82) is 0 Å². The molecule has 2 aromatic carbocycles. The Hall–Kier alpha value is -2.47. The maximum atomic E-state index is 12.8. The molecule has 0 atom stereocenters. The predicted octanol–water partition coefficient (Wildman–Crippen LogP) is 3.81. The van der Waals surface area contributed by atoms with Crippen LogP contribution in [-0.2, 0) is 4.74 Å². The Labute approximate surface area is 133 Å². The Kier molecular flexibility index (Phi) is 5.43. The van der Waals surface area contributed by atoms with E-state index in [0.717, 1.165) is 5.69 Å². The summed E-state index contributed by atoms with van der Waals surface area (Å²) >= 11 is 5.17. The second-order valence-corrected chi connectivity index (χ2v) is 4.79. The molecule has 0 spiro atoms. The maximum absolute atomic E-state index is 12.8. The van der Waals surface area contributed by atoms with Gasteiger partial charge in [0.25, 0.3) is 0 Å². The fraction of sp³-hybridized carbons (Fsp3) is 0.125. The Morgan fingerprint density at radius 2 is 1.55 bits per heavy atom. The number of rotatable bonds is 4. The summed E-state index contributed by atoms with van der Waals surface area (Å²) in [7, 11) is 0. The molecule has 4 nitrogen and oxygen atoms in total. The summed E-state index contributed by atoms with van der Waals surface area (Å²) in [5.41, 5.74) is 1.89. The van der Waals surface area contributed by atoms with Crippen LogP contribution in [0.25, 0.3) is 0 Å². The number of carbonyl (C=O) groups excluding carboxylic acids is 1. The molecule has 0 aliphatic rings. The summed E-state index contributed by atoms with van der Waals surface area (Å²) in [5, 5.41) is 6.29. The van der Waals surface area contributed by atoms with Crippen molar-refractivity contribution < 1.29 is 13.9 Å². The molecule has 2 aromatic rings. The van der Waals surface area contributed by atoms with E-state index in [-0.39, 0.29) is 11.8 Å². The lowest BCUT2D eigenvalue weighted by molar-refractivity contribution is 0.0526. The molecule has 0 unspecified atom stereocenters. The summed E-state index contributed by atoms with van der Waals surface area (Å²) in [4.78, 5) is 11.5. The molecule has 6 heteroatoms. The Morgan fingerprint density at radius 3 is 2.05 bits per heavy atom. The summed E-state index contributed by atoms with van der Waals surface area (Å²) in [6.45, 7) is 2.10. The highest BCUT2D eigenvalue weighted by molar-refractivity contribution is 7.80. The number of benzene rings is 2. The van der Waals surface area contributed by atoms with Crippen LogP contribution in [0.4, 0.5) is 15.8 Å². The lowest BCUT2D eigenvalue weighted by Crippen LogP contribution is -2.19. The van der Waals surface area contributed by atoms with E-state index in [1.165, 1.54) is 12.1 Å². The number of halogens is 1. The molecule has 114 valence electrons. The van der Waals surface area contributed by atoms with E-state index in [9.17, 15) is 9.18 Å². The first-order valence-electron chi connectivity index (χ1n) is 6.69. The molecule has 0 fully saturated rings. The van der Waals surface area contributed by atoms with Gasteiger partial charge in [-0.05, 0) is 67.7 Å². The van der Waals surface area contributed by atoms with Crippen LogP contribution in [0.5, 0.6) is 0 Å². The Bertz CT molecular complexity index is 657. The van der Waals surface area contributed by atoms with Crippen molar-refractivity contribution in [2.75, 3.05) is 17.2 Å². The minimum Gasteiger partial charge on any atom is -0.462 e. The van der Waals surface area contributed by atoms with Gasteiger partial charge in [-0.25, -0.2) is 9.18 Å². The fourth-order valence-electron chi connectivity index (χ4n) is 1.73. The van der Waals surface area contributed by atoms with Gasteiger partial charge in [-0.2, -0.15) is 0 Å². The molecule has 2 rings (SSSR count). The third kappa shape index (κ3) is 4.53. The van der Waals surface area contributed by atoms with Gasteiger partial charge in [0.15, 0.2) is 5.11 Å². The van der Waals surface area contributed by atoms with Crippen molar-refractivity contribution in [3.63, 3.8) is 0 Å². The van der Waals surface area contributed by atoms with Gasteiger partial charge < -0.3 is 15.4 Å². The summed E-state index contributed by atoms with van der Waals surface area (Å²) in [5.74, 6) is -0.667. The van der Waals surface area contributed by atoms with Crippen LogP contribution in [-0.4, -0.2) is 17.7 Å². The molecule has 0 aromatic heterocycles. The first-order chi connectivity index (χ1) is 10.6. The quantitative estimate of drug-likeness (QED) is 0.663. The molecule has 0 amide bonds. The third-order valence-electron chi connectivity index (χ3n) is 2.76. The number of thiocarbonyl (C=S) groups is 1. The molecule has 2 N–H and O–H groups in total. The molecule has 22 heavy (non-hydrogen) atoms. The van der Waals surface area contributed by atoms with Gasteiger partial charge in [0.2, 0.25) is 0 Å². The van der Waals surface area contributed by atoms with E-state index in [0.29, 0.717) is 23.0 Å². The Morgan fingerprint density at radius 1 is 1.05 bits per heavy atom. The van der Waals surface area contributed by atoms with Gasteiger partial charge in [0.05, 0.1) is 12.2 Å². The molecule has 0 radical (unpaired) electrons. The summed E-state index contributed by atoms with van der Waals surface area (Å²) < 4.78 is 17.7. The molecule has 0 bridgehead atoms. The van der Waals surface area contributed by atoms with Crippen molar-refractivity contribution in [3.05, 3.63) is 59.9 Å². The first kappa shape index (κ1) is 15.9. The number of esters is 1. The zero-order valence-corrected chi connectivity index (χ0v) is 12.7. The monoisotopic (exact) mass is 318 g/mol. The molecule has 0 saturated carbocycles. The number of nitrogens with one attached hydrogen (secondary N) is 2. The topological polar surface area (TPSA) is 50.4 Å². The van der Waals surface area contributed by atoms with E-state index in [2.05, 4.69) is 10.6 Å². The fourth-order valence-corrected chi connectivity index (χ4v) is 1.97. The number of hydrogen-bond donors (Lipinski definition) is 2. The standard InChI is InChI=1S/C16H15FN2O2S/c1-2-21-15(20)11-3-7-13(8-4-11)18-16(22)19-14-9-5-12(17)6-10-14/h3-10H,2H2,1H3,(H2,18,19,22). The van der Waals surface area contributed by atoms with Gasteiger partial charge in [0, 0.05) is 11.4 Å². The van der Waals surface area contributed by atoms with Crippen molar-refractivity contribution in [1.82, 2.24) is 0 Å². The van der Waals surface area contributed by atoms with Crippen LogP contribution in [0.3, 0.4) is 0 Å². The molecule has 0 aliphatic heterocycles. The smallest absolute Gasteiger partial charge is 0.338 e. The minimum absolute atomic E-state index is 0.306. The average Bonchev–Trinajstić information content (AvgIpc) is 2.50. The zero-order chi connectivity index (χ0) is 15.9. The number of hydrogen-bond acceptors (Lipinski definition) is 3. The van der Waals surface area contributed by atoms with Crippen molar-refractivity contribution >= 4 is 34.7 Å². The van der Waals surface area contributed by atoms with Crippen LogP contribution in [0, 0.1) is 5.82 Å². The second-order valence-electron chi connectivity index (χ2n) is 4.38. The van der Waals surface area contributed by atoms with Crippen molar-refractivity contribution in [2.24, 2.45) is 0 Å². The normalized spacial score (nSPS) is 9.91. The Balaban J connectivity index is 1.94. The van der Waals surface area contributed by atoms with Gasteiger partial charge in [-0.1, -0.05) is 0 Å². The predicted molar refractivity (Wildman–Crippen MR) is 88.6 cm³/mol. The van der Waals surface area contributed by atoms with Gasteiger partial charge in [-0.3, -0.25) is 0 Å². The third-order valence-corrected chi connectivity index (χ3v) is 2.96. The maximum Gasteiger partial charge on any atom is 0.338 e. The van der Waals surface area contributed by atoms with E-state index < -0.39 is 0 Å². The lowest BCUT2D eigenvalue weighted by Gasteiger charge is -2.11. The van der Waals surface area contributed by atoms with Crippen LogP contribution in [0.15, 0.2) is 48.5 Å². The number of carbonyl (C=O) groups is 1. The highest BCUT2D eigenvalue weighted by Gasteiger charge is 2.06. The molecule has 0 heterocycles. The van der Waals surface area contributed by atoms with Crippen molar-refractivity contribution in [2.45, 2.75) is 6.92 Å². The highest BCUT2D eigenvalue weighted by atomic mass is 32.1. The zero-order valence-electron chi connectivity index (χ0n) is 11.9. The summed E-state index contributed by atoms with van der Waals surface area (Å²) in [6, 6.07) is 12.6. The van der Waals surface area contributed by atoms with Crippen LogP contribution in [0.2, 0.25) is 0 Å². The minimum atomic E-state index is -0.360. The largest absolute Gasteiger partial charge is 0.462 e. The van der Waals surface area contributed by atoms with Gasteiger partial charge >= 0.3 is 5.97 Å². The van der Waals surface area contributed by atoms with Crippen LogP contribution >= 0.6 is 12.2 Å². The van der Waals surface area contributed by atoms with E-state index in [4.69, 9.17) is 17.0 Å². The summed E-state index contributed by atoms with van der Waals surface area (Å²) in [6.07, 6.45) is 0. The van der Waals surface area contributed by atoms with Gasteiger partial charge in [-0.15, -0.1) is 0 Å².